The third kappa shape index (κ3) is 3.11. The predicted octanol–water partition coefficient (Wildman–Crippen LogP) is 1.91. The highest BCUT2D eigenvalue weighted by molar-refractivity contribution is 4.90. The summed E-state index contributed by atoms with van der Waals surface area (Å²) in [5.41, 5.74) is 5.23. The predicted molar refractivity (Wildman–Crippen MR) is 53.0 cm³/mol. The van der Waals surface area contributed by atoms with Gasteiger partial charge in [0.25, 0.3) is 0 Å². The first-order valence-corrected chi connectivity index (χ1v) is 5.00. The molecule has 2 atom stereocenters. The van der Waals surface area contributed by atoms with Crippen molar-refractivity contribution in [3.63, 3.8) is 0 Å². The van der Waals surface area contributed by atoms with Gasteiger partial charge in [-0.3, -0.25) is 0 Å². The normalized spacial score (nSPS) is 29.5. The van der Waals surface area contributed by atoms with Gasteiger partial charge in [0.05, 0.1) is 5.60 Å². The molecule has 2 unspecified atom stereocenters. The van der Waals surface area contributed by atoms with Gasteiger partial charge in [0.2, 0.25) is 0 Å². The smallest absolute Gasteiger partial charge is 0.0634 e. The number of nitrogens with two attached hydrogens (primary N) is 1. The molecule has 2 nitrogen and oxygen atoms in total. The van der Waals surface area contributed by atoms with Gasteiger partial charge in [-0.05, 0) is 26.7 Å². The second-order valence-corrected chi connectivity index (χ2v) is 3.85. The van der Waals surface area contributed by atoms with Crippen LogP contribution in [0.25, 0.3) is 0 Å². The Labute approximate surface area is 76.2 Å². The summed E-state index contributed by atoms with van der Waals surface area (Å²) in [5, 5.41) is 9.61. The van der Waals surface area contributed by atoms with Crippen LogP contribution < -0.4 is 5.73 Å². The van der Waals surface area contributed by atoms with Crippen molar-refractivity contribution in [2.24, 2.45) is 11.7 Å². The van der Waals surface area contributed by atoms with E-state index in [4.69, 9.17) is 5.73 Å². The molecule has 0 aromatic carbocycles. The Balaban J connectivity index is 0.000000561. The van der Waals surface area contributed by atoms with Gasteiger partial charge in [-0.15, -0.1) is 0 Å². The molecule has 1 aliphatic carbocycles. The lowest BCUT2D eigenvalue weighted by molar-refractivity contribution is 0.0137. The molecule has 12 heavy (non-hydrogen) atoms. The van der Waals surface area contributed by atoms with Crippen LogP contribution in [0.4, 0.5) is 0 Å². The Kier molecular flexibility index (Phi) is 4.80. The second kappa shape index (κ2) is 4.83. The van der Waals surface area contributed by atoms with Crippen LogP contribution in [0.2, 0.25) is 0 Å². The molecule has 3 N–H and O–H groups in total. The van der Waals surface area contributed by atoms with Crippen LogP contribution in [0.15, 0.2) is 0 Å². The maximum absolute atomic E-state index is 9.61. The summed E-state index contributed by atoms with van der Waals surface area (Å²) in [6.07, 6.45) is 3.34. The molecule has 0 saturated heterocycles. The van der Waals surface area contributed by atoms with Crippen LogP contribution in [0.5, 0.6) is 0 Å². The maximum Gasteiger partial charge on any atom is 0.0634 e. The maximum atomic E-state index is 9.61. The summed E-state index contributed by atoms with van der Waals surface area (Å²) >= 11 is 0. The van der Waals surface area contributed by atoms with Crippen LogP contribution in [0.1, 0.15) is 47.0 Å². The van der Waals surface area contributed by atoms with Gasteiger partial charge in [0.15, 0.2) is 0 Å². The van der Waals surface area contributed by atoms with Crippen molar-refractivity contribution in [3.05, 3.63) is 0 Å². The Morgan fingerprint density at radius 3 is 1.92 bits per heavy atom. The average molecular weight is 173 g/mol. The van der Waals surface area contributed by atoms with Crippen molar-refractivity contribution in [3.8, 4) is 0 Å². The zero-order valence-corrected chi connectivity index (χ0v) is 8.80. The third-order valence-electron chi connectivity index (χ3n) is 2.48. The molecule has 0 aromatic rings. The first-order chi connectivity index (χ1) is 5.52. The molecule has 0 heterocycles. The van der Waals surface area contributed by atoms with Crippen LogP contribution in [-0.2, 0) is 0 Å². The lowest BCUT2D eigenvalue weighted by Gasteiger charge is -2.28. The van der Waals surface area contributed by atoms with Crippen LogP contribution in [0, 0.1) is 5.92 Å². The molecule has 1 saturated carbocycles. The summed E-state index contributed by atoms with van der Waals surface area (Å²) in [6.45, 7) is 7.70. The topological polar surface area (TPSA) is 46.2 Å². The van der Waals surface area contributed by atoms with Crippen molar-refractivity contribution in [2.75, 3.05) is 0 Å². The van der Waals surface area contributed by atoms with Gasteiger partial charge in [-0.2, -0.15) is 0 Å². The zero-order valence-electron chi connectivity index (χ0n) is 8.80. The standard InChI is InChI=1S/C8H17NO.C2H6/c1-8(2,10)6-4-3-5-7(6)9;1-2/h6-7,10H,3-5,9H2,1-2H3;1-2H3. The zero-order chi connectivity index (χ0) is 9.78. The third-order valence-corrected chi connectivity index (χ3v) is 2.48. The minimum Gasteiger partial charge on any atom is -0.390 e. The molecule has 74 valence electrons. The van der Waals surface area contributed by atoms with E-state index in [-0.39, 0.29) is 6.04 Å². The molecular weight excluding hydrogens is 150 g/mol. The Morgan fingerprint density at radius 1 is 1.25 bits per heavy atom. The van der Waals surface area contributed by atoms with Crippen LogP contribution in [0.3, 0.4) is 0 Å². The van der Waals surface area contributed by atoms with Crippen molar-refractivity contribution in [1.82, 2.24) is 0 Å². The van der Waals surface area contributed by atoms with E-state index >= 15 is 0 Å². The number of aliphatic hydroxyl groups is 1. The summed E-state index contributed by atoms with van der Waals surface area (Å²) < 4.78 is 0. The first kappa shape index (κ1) is 11.9. The summed E-state index contributed by atoms with van der Waals surface area (Å²) in [7, 11) is 0. The van der Waals surface area contributed by atoms with E-state index in [9.17, 15) is 5.11 Å². The molecule has 0 bridgehead atoms. The van der Waals surface area contributed by atoms with E-state index in [2.05, 4.69) is 0 Å². The van der Waals surface area contributed by atoms with Crippen molar-refractivity contribution >= 4 is 0 Å². The summed E-state index contributed by atoms with van der Waals surface area (Å²) in [4.78, 5) is 0. The van der Waals surface area contributed by atoms with E-state index < -0.39 is 5.60 Å². The highest BCUT2D eigenvalue weighted by Gasteiger charge is 2.35. The monoisotopic (exact) mass is 173 g/mol. The highest BCUT2D eigenvalue weighted by atomic mass is 16.3. The van der Waals surface area contributed by atoms with Crippen LogP contribution in [-0.4, -0.2) is 16.7 Å². The average Bonchev–Trinajstić information content (AvgIpc) is 2.38. The lowest BCUT2D eigenvalue weighted by atomic mass is 9.87. The fraction of sp³-hybridized carbons (Fsp3) is 1.00. The van der Waals surface area contributed by atoms with Crippen molar-refractivity contribution < 1.29 is 5.11 Å². The fourth-order valence-electron chi connectivity index (χ4n) is 1.87. The quantitative estimate of drug-likeness (QED) is 0.636. The van der Waals surface area contributed by atoms with E-state index in [1.807, 2.05) is 27.7 Å². The molecule has 0 amide bonds. The van der Waals surface area contributed by atoms with Gasteiger partial charge in [-0.1, -0.05) is 20.3 Å². The van der Waals surface area contributed by atoms with E-state index in [1.54, 1.807) is 0 Å². The summed E-state index contributed by atoms with van der Waals surface area (Å²) in [6, 6.07) is 0.222. The van der Waals surface area contributed by atoms with E-state index in [0.29, 0.717) is 5.92 Å². The lowest BCUT2D eigenvalue weighted by Crippen LogP contribution is -2.40. The minimum absolute atomic E-state index is 0.222. The Hall–Kier alpha value is -0.0800. The number of hydrogen-bond donors (Lipinski definition) is 2. The molecule has 1 aliphatic rings. The molecule has 0 spiro atoms. The SMILES string of the molecule is CC.CC(C)(O)C1CCCC1N. The molecule has 0 aromatic heterocycles. The van der Waals surface area contributed by atoms with Crippen LogP contribution >= 0.6 is 0 Å². The first-order valence-electron chi connectivity index (χ1n) is 5.00. The number of rotatable bonds is 1. The fourth-order valence-corrected chi connectivity index (χ4v) is 1.87. The molecule has 0 aliphatic heterocycles. The van der Waals surface area contributed by atoms with E-state index in [0.717, 1.165) is 12.8 Å². The second-order valence-electron chi connectivity index (χ2n) is 3.85. The van der Waals surface area contributed by atoms with Gasteiger partial charge >= 0.3 is 0 Å². The van der Waals surface area contributed by atoms with Crippen molar-refractivity contribution in [1.29, 1.82) is 0 Å². The molecule has 1 fully saturated rings. The molecule has 1 rings (SSSR count). The van der Waals surface area contributed by atoms with Gasteiger partial charge in [0, 0.05) is 12.0 Å². The summed E-state index contributed by atoms with van der Waals surface area (Å²) in [5.74, 6) is 0.312. The minimum atomic E-state index is -0.573. The van der Waals surface area contributed by atoms with Gasteiger partial charge < -0.3 is 10.8 Å². The van der Waals surface area contributed by atoms with Gasteiger partial charge in [-0.25, -0.2) is 0 Å². The molecular formula is C10H23NO. The van der Waals surface area contributed by atoms with E-state index in [1.165, 1.54) is 6.42 Å². The van der Waals surface area contributed by atoms with Gasteiger partial charge in [0.1, 0.15) is 0 Å². The molecule has 0 radical (unpaired) electrons. The number of hydrogen-bond acceptors (Lipinski definition) is 2. The largest absolute Gasteiger partial charge is 0.390 e. The molecule has 2 heteroatoms. The highest BCUT2D eigenvalue weighted by Crippen LogP contribution is 2.32. The van der Waals surface area contributed by atoms with Crippen molar-refractivity contribution in [2.45, 2.75) is 58.6 Å². The Bertz CT molecular complexity index is 117. The Morgan fingerprint density at radius 2 is 1.75 bits per heavy atom.